The fourth-order valence-corrected chi connectivity index (χ4v) is 5.22. The lowest BCUT2D eigenvalue weighted by atomic mass is 10.0. The summed E-state index contributed by atoms with van der Waals surface area (Å²) >= 11 is 1.16. The number of aliphatic carboxylic acids is 2. The van der Waals surface area contributed by atoms with E-state index in [1.807, 2.05) is 12.1 Å². The minimum Gasteiger partial charge on any atom is -0.497 e. The molecule has 224 valence electrons. The summed E-state index contributed by atoms with van der Waals surface area (Å²) in [5.74, 6) is -0.595. The Bertz CT molecular complexity index is 1290. The molecule has 2 aromatic carbocycles. The van der Waals surface area contributed by atoms with Gasteiger partial charge in [0, 0.05) is 12.5 Å². The number of thioether (sulfide) groups is 1. The molecule has 0 saturated carbocycles. The number of methoxy groups -OCH3 is 1. The zero-order valence-electron chi connectivity index (χ0n) is 23.9. The molecular weight excluding hydrogens is 554 g/mol. The summed E-state index contributed by atoms with van der Waals surface area (Å²) in [7, 11) is 1.67. The highest BCUT2D eigenvalue weighted by Gasteiger charge is 2.12. The van der Waals surface area contributed by atoms with E-state index in [4.69, 9.17) is 19.7 Å². The molecule has 3 rings (SSSR count). The van der Waals surface area contributed by atoms with Crippen molar-refractivity contribution in [1.29, 1.82) is 0 Å². The number of benzene rings is 2. The van der Waals surface area contributed by atoms with E-state index in [1.165, 1.54) is 24.5 Å². The van der Waals surface area contributed by atoms with Crippen LogP contribution in [0.4, 0.5) is 0 Å². The van der Waals surface area contributed by atoms with Crippen LogP contribution in [0.15, 0.2) is 71.8 Å². The maximum absolute atomic E-state index is 11.1. The predicted octanol–water partition coefficient (Wildman–Crippen LogP) is 6.43. The molecule has 8 nitrogen and oxygen atoms in total. The number of aryl methyl sites for hydroxylation is 1. The molecule has 1 atom stereocenters. The Hall–Kier alpha value is -3.82. The van der Waals surface area contributed by atoms with Crippen LogP contribution in [0, 0.1) is 0 Å². The van der Waals surface area contributed by atoms with Crippen molar-refractivity contribution in [3.8, 4) is 11.5 Å². The smallest absolute Gasteiger partial charge is 0.328 e. The third kappa shape index (κ3) is 12.4. The highest BCUT2D eigenvalue weighted by molar-refractivity contribution is 7.99. The standard InChI is InChI=1S/C33H39NO7S/c1-40-27-15-13-24(14-16-27)8-6-4-2-3-5-7-21-41-29-18-19-30(34-28(29)17-20-31(35)36)42-33(39)23-26-11-9-25(10-12-26)22-32(37)38/h9-20,33,39H,2-8,21-23H2,1H3,(H,35,36)(H,37,38). The number of nitrogens with zero attached hydrogens (tertiary/aromatic N) is 1. The van der Waals surface area contributed by atoms with Gasteiger partial charge in [-0.05, 0) is 66.3 Å². The van der Waals surface area contributed by atoms with Crippen molar-refractivity contribution in [1.82, 2.24) is 4.98 Å². The van der Waals surface area contributed by atoms with Gasteiger partial charge in [-0.3, -0.25) is 4.79 Å². The zero-order chi connectivity index (χ0) is 30.2. The predicted molar refractivity (Wildman–Crippen MR) is 164 cm³/mol. The Kier molecular flexibility index (Phi) is 13.9. The molecule has 0 aliphatic carbocycles. The molecule has 0 fully saturated rings. The second-order valence-electron chi connectivity index (χ2n) is 9.94. The fraction of sp³-hybridized carbons (Fsp3) is 0.364. The van der Waals surface area contributed by atoms with E-state index in [2.05, 4.69) is 17.1 Å². The number of unbranched alkanes of at least 4 members (excludes halogenated alkanes) is 5. The second-order valence-corrected chi connectivity index (χ2v) is 11.1. The van der Waals surface area contributed by atoms with E-state index in [-0.39, 0.29) is 6.42 Å². The Morgan fingerprint density at radius 2 is 1.50 bits per heavy atom. The number of carbonyl (C=O) groups is 2. The summed E-state index contributed by atoms with van der Waals surface area (Å²) in [6, 6.07) is 18.8. The average Bonchev–Trinajstić information content (AvgIpc) is 2.97. The van der Waals surface area contributed by atoms with Gasteiger partial charge in [0.25, 0.3) is 0 Å². The highest BCUT2D eigenvalue weighted by atomic mass is 32.2. The van der Waals surface area contributed by atoms with Crippen LogP contribution in [0.3, 0.4) is 0 Å². The van der Waals surface area contributed by atoms with Gasteiger partial charge in [-0.1, -0.05) is 73.8 Å². The van der Waals surface area contributed by atoms with Crippen LogP contribution in [0.1, 0.15) is 60.9 Å². The molecule has 0 saturated heterocycles. The molecule has 42 heavy (non-hydrogen) atoms. The first-order valence-electron chi connectivity index (χ1n) is 14.1. The molecule has 0 bridgehead atoms. The van der Waals surface area contributed by atoms with Gasteiger partial charge in [0.15, 0.2) is 0 Å². The van der Waals surface area contributed by atoms with Crippen LogP contribution in [-0.4, -0.2) is 51.4 Å². The van der Waals surface area contributed by atoms with E-state index in [1.54, 1.807) is 43.5 Å². The number of carboxylic acid groups (broad SMARTS) is 2. The number of carboxylic acids is 2. The first kappa shape index (κ1) is 32.7. The van der Waals surface area contributed by atoms with Gasteiger partial charge in [0.05, 0.1) is 25.2 Å². The van der Waals surface area contributed by atoms with E-state index in [0.717, 1.165) is 61.3 Å². The van der Waals surface area contributed by atoms with Crippen LogP contribution in [0.25, 0.3) is 6.08 Å². The molecular formula is C33H39NO7S. The maximum atomic E-state index is 11.1. The normalized spacial score (nSPS) is 11.9. The number of aliphatic hydroxyl groups excluding tert-OH is 1. The Morgan fingerprint density at radius 1 is 0.857 bits per heavy atom. The van der Waals surface area contributed by atoms with E-state index >= 15 is 0 Å². The van der Waals surface area contributed by atoms with Gasteiger partial charge in [-0.25, -0.2) is 9.78 Å². The molecule has 0 spiro atoms. The minimum absolute atomic E-state index is 0.0470. The number of aliphatic hydroxyl groups is 1. The van der Waals surface area contributed by atoms with Crippen LogP contribution in [-0.2, 0) is 28.9 Å². The molecule has 0 aliphatic rings. The minimum atomic E-state index is -1.08. The van der Waals surface area contributed by atoms with Crippen molar-refractivity contribution in [3.05, 3.63) is 89.1 Å². The van der Waals surface area contributed by atoms with Crippen molar-refractivity contribution in [3.63, 3.8) is 0 Å². The van der Waals surface area contributed by atoms with Crippen molar-refractivity contribution in [2.24, 2.45) is 0 Å². The van der Waals surface area contributed by atoms with Gasteiger partial charge < -0.3 is 24.8 Å². The summed E-state index contributed by atoms with van der Waals surface area (Å²) in [5, 5.41) is 29.1. The Balaban J connectivity index is 1.41. The van der Waals surface area contributed by atoms with Crippen molar-refractivity contribution in [2.45, 2.75) is 68.2 Å². The monoisotopic (exact) mass is 593 g/mol. The van der Waals surface area contributed by atoms with Gasteiger partial charge >= 0.3 is 11.9 Å². The number of ether oxygens (including phenoxy) is 2. The average molecular weight is 594 g/mol. The summed E-state index contributed by atoms with van der Waals surface area (Å²) in [6.45, 7) is 0.508. The van der Waals surface area contributed by atoms with E-state index in [9.17, 15) is 14.7 Å². The van der Waals surface area contributed by atoms with Crippen molar-refractivity contribution >= 4 is 29.8 Å². The molecule has 3 aromatic rings. The van der Waals surface area contributed by atoms with Crippen LogP contribution in [0.5, 0.6) is 11.5 Å². The van der Waals surface area contributed by atoms with Crippen LogP contribution < -0.4 is 9.47 Å². The SMILES string of the molecule is COc1ccc(CCCCCCCCOc2ccc(SC(O)Cc3ccc(CC(=O)O)cc3)nc2C=CC(=O)O)cc1. The summed E-state index contributed by atoms with van der Waals surface area (Å²) in [4.78, 5) is 26.5. The maximum Gasteiger partial charge on any atom is 0.328 e. The van der Waals surface area contributed by atoms with Crippen LogP contribution in [0.2, 0.25) is 0 Å². The summed E-state index contributed by atoms with van der Waals surface area (Å²) < 4.78 is 11.1. The Labute approximate surface area is 251 Å². The lowest BCUT2D eigenvalue weighted by Gasteiger charge is -2.13. The molecule has 9 heteroatoms. The molecule has 1 aromatic heterocycles. The number of hydrogen-bond acceptors (Lipinski definition) is 7. The third-order valence-electron chi connectivity index (χ3n) is 6.57. The first-order valence-corrected chi connectivity index (χ1v) is 15.0. The molecule has 0 radical (unpaired) electrons. The third-order valence-corrected chi connectivity index (χ3v) is 7.47. The lowest BCUT2D eigenvalue weighted by Crippen LogP contribution is -2.07. The fourth-order valence-electron chi connectivity index (χ4n) is 4.36. The number of rotatable bonds is 19. The van der Waals surface area contributed by atoms with E-state index in [0.29, 0.717) is 35.1 Å². The van der Waals surface area contributed by atoms with E-state index < -0.39 is 17.4 Å². The summed E-state index contributed by atoms with van der Waals surface area (Å²) in [6.07, 6.45) is 10.4. The number of hydrogen-bond donors (Lipinski definition) is 3. The first-order chi connectivity index (χ1) is 20.3. The number of pyridine rings is 1. The molecule has 1 heterocycles. The number of aromatic nitrogens is 1. The van der Waals surface area contributed by atoms with Crippen LogP contribution >= 0.6 is 11.8 Å². The Morgan fingerprint density at radius 3 is 2.17 bits per heavy atom. The molecule has 0 amide bonds. The van der Waals surface area contributed by atoms with Gasteiger partial charge in [-0.2, -0.15) is 0 Å². The quantitative estimate of drug-likeness (QED) is 0.0624. The second kappa shape index (κ2) is 17.9. The highest BCUT2D eigenvalue weighted by Crippen LogP contribution is 2.28. The zero-order valence-corrected chi connectivity index (χ0v) is 24.7. The van der Waals surface area contributed by atoms with Gasteiger partial charge in [-0.15, -0.1) is 0 Å². The summed E-state index contributed by atoms with van der Waals surface area (Å²) in [5.41, 5.74) is 2.50. The largest absolute Gasteiger partial charge is 0.497 e. The topological polar surface area (TPSA) is 126 Å². The molecule has 0 aliphatic heterocycles. The van der Waals surface area contributed by atoms with Crippen molar-refractivity contribution in [2.75, 3.05) is 13.7 Å². The molecule has 1 unspecified atom stereocenters. The van der Waals surface area contributed by atoms with Gasteiger partial charge in [0.2, 0.25) is 0 Å². The molecule has 3 N–H and O–H groups in total. The van der Waals surface area contributed by atoms with Gasteiger partial charge in [0.1, 0.15) is 22.6 Å². The van der Waals surface area contributed by atoms with Crippen molar-refractivity contribution < 1.29 is 34.4 Å². The lowest BCUT2D eigenvalue weighted by molar-refractivity contribution is -0.136.